The summed E-state index contributed by atoms with van der Waals surface area (Å²) < 4.78 is 0. The Hall–Kier alpha value is -1.56. The normalized spacial score (nSPS) is 12.5. The van der Waals surface area contributed by atoms with Crippen LogP contribution in [0.25, 0.3) is 0 Å². The third kappa shape index (κ3) is 2.58. The monoisotopic (exact) mass is 224 g/mol. The van der Waals surface area contributed by atoms with Crippen molar-refractivity contribution in [3.8, 4) is 0 Å². The molecule has 17 heavy (non-hydrogen) atoms. The molecule has 0 radical (unpaired) electrons. The van der Waals surface area contributed by atoms with E-state index in [1.165, 1.54) is 27.8 Å². The highest BCUT2D eigenvalue weighted by Gasteiger charge is 2.08. The van der Waals surface area contributed by atoms with Gasteiger partial charge in [0.25, 0.3) is 0 Å². The molecule has 0 heterocycles. The van der Waals surface area contributed by atoms with Crippen LogP contribution >= 0.6 is 0 Å². The number of hydrogen-bond acceptors (Lipinski definition) is 0. The zero-order valence-electron chi connectivity index (χ0n) is 11.1. The van der Waals surface area contributed by atoms with Gasteiger partial charge in [-0.25, -0.2) is 0 Å². The first-order chi connectivity index (χ1) is 8.08. The maximum atomic E-state index is 2.31. The molecule has 0 aromatic heterocycles. The van der Waals surface area contributed by atoms with E-state index in [0.717, 1.165) is 0 Å². The van der Waals surface area contributed by atoms with E-state index in [1.807, 2.05) is 0 Å². The molecule has 0 amide bonds. The highest BCUT2D eigenvalue weighted by Crippen LogP contribution is 2.26. The Morgan fingerprint density at radius 2 is 1.47 bits per heavy atom. The fourth-order valence-electron chi connectivity index (χ4n) is 2.17. The zero-order valence-corrected chi connectivity index (χ0v) is 11.1. The zero-order chi connectivity index (χ0) is 12.4. The molecule has 1 unspecified atom stereocenters. The maximum Gasteiger partial charge on any atom is 0.00612 e. The molecule has 0 fully saturated rings. The lowest BCUT2D eigenvalue weighted by atomic mass is 9.90. The lowest BCUT2D eigenvalue weighted by Gasteiger charge is -2.14. The molecule has 2 rings (SSSR count). The van der Waals surface area contributed by atoms with E-state index < -0.39 is 0 Å². The standard InChI is InChI=1S/C17H20/c1-12-6-5-7-16(10-12)15(4)17-9-8-13(2)14(3)11-17/h5-11,15H,1-4H3. The van der Waals surface area contributed by atoms with E-state index in [9.17, 15) is 0 Å². The second kappa shape index (κ2) is 4.75. The average Bonchev–Trinajstić information content (AvgIpc) is 2.32. The fraction of sp³-hybridized carbons (Fsp3) is 0.294. The van der Waals surface area contributed by atoms with Gasteiger partial charge in [0.05, 0.1) is 0 Å². The third-order valence-corrected chi connectivity index (χ3v) is 3.57. The van der Waals surface area contributed by atoms with Gasteiger partial charge in [0.1, 0.15) is 0 Å². The van der Waals surface area contributed by atoms with Crippen LogP contribution in [0.2, 0.25) is 0 Å². The first-order valence-electron chi connectivity index (χ1n) is 6.21. The molecule has 1 atom stereocenters. The summed E-state index contributed by atoms with van der Waals surface area (Å²) in [5.41, 5.74) is 6.87. The fourth-order valence-corrected chi connectivity index (χ4v) is 2.17. The summed E-state index contributed by atoms with van der Waals surface area (Å²) in [7, 11) is 0. The van der Waals surface area contributed by atoms with Gasteiger partial charge >= 0.3 is 0 Å². The van der Waals surface area contributed by atoms with E-state index >= 15 is 0 Å². The van der Waals surface area contributed by atoms with Gasteiger partial charge in [-0.05, 0) is 43.0 Å². The summed E-state index contributed by atoms with van der Waals surface area (Å²) in [5.74, 6) is 0.467. The van der Waals surface area contributed by atoms with Gasteiger partial charge in [0, 0.05) is 5.92 Å². The minimum Gasteiger partial charge on any atom is -0.0617 e. The predicted octanol–water partition coefficient (Wildman–Crippen LogP) is 4.76. The lowest BCUT2D eigenvalue weighted by molar-refractivity contribution is 0.916. The molecule has 0 aliphatic heterocycles. The van der Waals surface area contributed by atoms with Crippen molar-refractivity contribution in [2.45, 2.75) is 33.6 Å². The topological polar surface area (TPSA) is 0 Å². The smallest absolute Gasteiger partial charge is 0.00612 e. The molecule has 0 nitrogen and oxygen atoms in total. The molecule has 0 heteroatoms. The molecule has 0 saturated heterocycles. The number of aryl methyl sites for hydroxylation is 3. The summed E-state index contributed by atoms with van der Waals surface area (Å²) in [6, 6.07) is 15.6. The number of benzene rings is 2. The molecule has 0 aliphatic carbocycles. The van der Waals surface area contributed by atoms with Crippen molar-refractivity contribution in [1.82, 2.24) is 0 Å². The summed E-state index contributed by atoms with van der Waals surface area (Å²) in [4.78, 5) is 0. The van der Waals surface area contributed by atoms with Gasteiger partial charge in [-0.3, -0.25) is 0 Å². The molecule has 0 spiro atoms. The van der Waals surface area contributed by atoms with Crippen molar-refractivity contribution >= 4 is 0 Å². The Morgan fingerprint density at radius 1 is 0.765 bits per heavy atom. The maximum absolute atomic E-state index is 2.31. The van der Waals surface area contributed by atoms with Crippen LogP contribution < -0.4 is 0 Å². The van der Waals surface area contributed by atoms with Crippen molar-refractivity contribution in [3.63, 3.8) is 0 Å². The van der Waals surface area contributed by atoms with Crippen LogP contribution in [-0.4, -0.2) is 0 Å². The predicted molar refractivity (Wildman–Crippen MR) is 74.6 cm³/mol. The van der Waals surface area contributed by atoms with Gasteiger partial charge in [-0.1, -0.05) is 55.0 Å². The van der Waals surface area contributed by atoms with E-state index in [2.05, 4.69) is 70.2 Å². The van der Waals surface area contributed by atoms with Gasteiger partial charge in [-0.15, -0.1) is 0 Å². The van der Waals surface area contributed by atoms with E-state index in [0.29, 0.717) is 5.92 Å². The van der Waals surface area contributed by atoms with Crippen molar-refractivity contribution in [3.05, 3.63) is 70.3 Å². The Bertz CT molecular complexity index is 523. The van der Waals surface area contributed by atoms with E-state index in [1.54, 1.807) is 0 Å². The molecular weight excluding hydrogens is 204 g/mol. The molecule has 88 valence electrons. The van der Waals surface area contributed by atoms with Crippen LogP contribution in [-0.2, 0) is 0 Å². The molecule has 0 saturated carbocycles. The number of rotatable bonds is 2. The second-order valence-corrected chi connectivity index (χ2v) is 4.98. The summed E-state index contributed by atoms with van der Waals surface area (Å²) >= 11 is 0. The van der Waals surface area contributed by atoms with Crippen LogP contribution in [0.15, 0.2) is 42.5 Å². The second-order valence-electron chi connectivity index (χ2n) is 4.98. The van der Waals surface area contributed by atoms with Crippen molar-refractivity contribution in [2.75, 3.05) is 0 Å². The first-order valence-corrected chi connectivity index (χ1v) is 6.21. The minimum absolute atomic E-state index is 0.467. The van der Waals surface area contributed by atoms with Crippen molar-refractivity contribution in [1.29, 1.82) is 0 Å². The van der Waals surface area contributed by atoms with Crippen LogP contribution in [0.3, 0.4) is 0 Å². The summed E-state index contributed by atoms with van der Waals surface area (Å²) in [6.07, 6.45) is 0. The molecule has 2 aromatic carbocycles. The minimum atomic E-state index is 0.467. The van der Waals surface area contributed by atoms with Gasteiger partial charge in [0.15, 0.2) is 0 Å². The van der Waals surface area contributed by atoms with Crippen LogP contribution in [0.1, 0.15) is 40.7 Å². The van der Waals surface area contributed by atoms with Crippen molar-refractivity contribution in [2.24, 2.45) is 0 Å². The molecule has 2 aromatic rings. The van der Waals surface area contributed by atoms with Crippen LogP contribution in [0.5, 0.6) is 0 Å². The quantitative estimate of drug-likeness (QED) is 0.689. The first kappa shape index (κ1) is 11.9. The van der Waals surface area contributed by atoms with Gasteiger partial charge < -0.3 is 0 Å². The molecule has 0 N–H and O–H groups in total. The SMILES string of the molecule is Cc1cccc(C(C)c2ccc(C)c(C)c2)c1. The Kier molecular flexibility index (Phi) is 3.33. The Balaban J connectivity index is 2.36. The van der Waals surface area contributed by atoms with Crippen LogP contribution in [0, 0.1) is 20.8 Å². The largest absolute Gasteiger partial charge is 0.0617 e. The van der Waals surface area contributed by atoms with Gasteiger partial charge in [0.2, 0.25) is 0 Å². The summed E-state index contributed by atoms with van der Waals surface area (Å²) in [5, 5.41) is 0. The third-order valence-electron chi connectivity index (χ3n) is 3.57. The lowest BCUT2D eigenvalue weighted by Crippen LogP contribution is -1.97. The van der Waals surface area contributed by atoms with Crippen LogP contribution in [0.4, 0.5) is 0 Å². The Morgan fingerprint density at radius 3 is 2.12 bits per heavy atom. The summed E-state index contributed by atoms with van der Waals surface area (Å²) in [6.45, 7) is 8.77. The van der Waals surface area contributed by atoms with Crippen molar-refractivity contribution < 1.29 is 0 Å². The van der Waals surface area contributed by atoms with Gasteiger partial charge in [-0.2, -0.15) is 0 Å². The Labute approximate surface area is 104 Å². The highest BCUT2D eigenvalue weighted by molar-refractivity contribution is 5.38. The molecular formula is C17H20. The number of hydrogen-bond donors (Lipinski definition) is 0. The highest BCUT2D eigenvalue weighted by atomic mass is 14.1. The average molecular weight is 224 g/mol. The van der Waals surface area contributed by atoms with E-state index in [4.69, 9.17) is 0 Å². The van der Waals surface area contributed by atoms with E-state index in [-0.39, 0.29) is 0 Å². The molecule has 0 bridgehead atoms. The molecule has 0 aliphatic rings.